The third-order valence-corrected chi connectivity index (χ3v) is 7.34. The van der Waals surface area contributed by atoms with Gasteiger partial charge in [0.2, 0.25) is 23.6 Å². The normalized spacial score (nSPS) is 11.0. The summed E-state index contributed by atoms with van der Waals surface area (Å²) in [5, 5.41) is 43.6. The van der Waals surface area contributed by atoms with Gasteiger partial charge in [-0.2, -0.15) is 0 Å². The molecule has 0 aliphatic heterocycles. The van der Waals surface area contributed by atoms with Gasteiger partial charge in [-0.25, -0.2) is 0 Å². The van der Waals surface area contributed by atoms with Crippen LogP contribution in [0.3, 0.4) is 0 Å². The molecule has 224 valence electrons. The number of phenols is 1. The Morgan fingerprint density at radius 2 is 0.822 bits per heavy atom. The molecule has 0 spiro atoms. The molecule has 0 amide bonds. The van der Waals surface area contributed by atoms with Gasteiger partial charge < -0.3 is 14.6 Å². The van der Waals surface area contributed by atoms with Gasteiger partial charge >= 0.3 is 0 Å². The van der Waals surface area contributed by atoms with Crippen LogP contribution in [0.1, 0.15) is 48.6 Å². The van der Waals surface area contributed by atoms with Crippen molar-refractivity contribution in [3.8, 4) is 28.0 Å². The van der Waals surface area contributed by atoms with E-state index in [4.69, 9.17) is 31.1 Å². The minimum Gasteiger partial charge on any atom is -0.508 e. The van der Waals surface area contributed by atoms with Crippen LogP contribution >= 0.6 is 0 Å². The summed E-state index contributed by atoms with van der Waals surface area (Å²) in [5.41, 5.74) is 6.64. The number of rotatable bonds is 6. The first kappa shape index (κ1) is 30.6. The number of phenolic OH excluding ortho intramolecular Hbond substituents is 1. The van der Waals surface area contributed by atoms with Crippen LogP contribution in [-0.2, 0) is 14.9 Å². The van der Waals surface area contributed by atoms with Gasteiger partial charge in [-0.05, 0) is 100.0 Å². The molecule has 0 fully saturated rings. The summed E-state index contributed by atoms with van der Waals surface area (Å²) in [6.45, 7) is 6.39. The first-order valence-electron chi connectivity index (χ1n) is 14.4. The van der Waals surface area contributed by atoms with E-state index in [1.54, 1.807) is 48.5 Å². The number of hydrogen-bond donors (Lipinski definition) is 5. The van der Waals surface area contributed by atoms with Gasteiger partial charge in [-0.3, -0.25) is 21.6 Å². The van der Waals surface area contributed by atoms with E-state index in [-0.39, 0.29) is 34.8 Å². The van der Waals surface area contributed by atoms with E-state index in [9.17, 15) is 5.11 Å². The minimum absolute atomic E-state index is 0.00658. The maximum absolute atomic E-state index is 10.5. The smallest absolute Gasteiger partial charge is 0.221 e. The fraction of sp³-hybridized carbons (Fsp3) is 0.105. The molecule has 5 N–H and O–H groups in total. The Morgan fingerprint density at radius 3 is 1.20 bits per heavy atom. The highest BCUT2D eigenvalue weighted by Gasteiger charge is 2.15. The fourth-order valence-corrected chi connectivity index (χ4v) is 4.72. The van der Waals surface area contributed by atoms with E-state index in [1.165, 1.54) is 0 Å². The average molecular weight is 595 g/mol. The Bertz CT molecular complexity index is 1870. The first-order chi connectivity index (χ1) is 21.5. The topological polar surface area (TPSA) is 134 Å². The molecular formula is C38H34N4O3. The van der Waals surface area contributed by atoms with Crippen molar-refractivity contribution < 1.29 is 14.6 Å². The number of hydrogen-bond acceptors (Lipinski definition) is 7. The Morgan fingerprint density at radius 1 is 0.467 bits per heavy atom. The van der Waals surface area contributed by atoms with E-state index >= 15 is 0 Å². The van der Waals surface area contributed by atoms with Crippen molar-refractivity contribution in [2.75, 3.05) is 0 Å². The van der Waals surface area contributed by atoms with Gasteiger partial charge in [0.15, 0.2) is 0 Å². The highest BCUT2D eigenvalue weighted by molar-refractivity contribution is 6.05. The molecule has 5 rings (SSSR count). The lowest BCUT2D eigenvalue weighted by atomic mass is 9.87. The highest BCUT2D eigenvalue weighted by atomic mass is 16.5. The lowest BCUT2D eigenvalue weighted by Gasteiger charge is -2.19. The Kier molecular flexibility index (Phi) is 8.72. The molecule has 0 aliphatic rings. The second-order valence-corrected chi connectivity index (χ2v) is 11.6. The number of aromatic hydroxyl groups is 1. The lowest BCUT2D eigenvalue weighted by molar-refractivity contribution is 0.476. The zero-order chi connectivity index (χ0) is 32.1. The summed E-state index contributed by atoms with van der Waals surface area (Å²) < 4.78 is 11.0. The van der Waals surface area contributed by atoms with Gasteiger partial charge in [0.1, 0.15) is 5.75 Å². The second-order valence-electron chi connectivity index (χ2n) is 11.6. The largest absolute Gasteiger partial charge is 0.508 e. The van der Waals surface area contributed by atoms with E-state index < -0.39 is 0 Å². The molecule has 7 nitrogen and oxygen atoms in total. The summed E-state index contributed by atoms with van der Waals surface area (Å²) in [6, 6.07) is 36.3. The SMILES string of the molecule is CC(C)(C)c1ccc(C(=N)OC(=N)c2ccc(-c3cc(O)cc(-c4ccc(C(=N)OC(=N)c5ccccc5)cc4)c3)cc2)cc1. The predicted molar refractivity (Wildman–Crippen MR) is 180 cm³/mol. The molecule has 5 aromatic carbocycles. The first-order valence-corrected chi connectivity index (χ1v) is 14.4. The van der Waals surface area contributed by atoms with Crippen molar-refractivity contribution in [2.45, 2.75) is 26.2 Å². The predicted octanol–water partition coefficient (Wildman–Crippen LogP) is 8.76. The Balaban J connectivity index is 1.26. The molecule has 5 aromatic rings. The van der Waals surface area contributed by atoms with Gasteiger partial charge in [0, 0.05) is 22.3 Å². The maximum Gasteiger partial charge on any atom is 0.221 e. The molecule has 0 heterocycles. The van der Waals surface area contributed by atoms with Crippen LogP contribution in [0.5, 0.6) is 5.75 Å². The van der Waals surface area contributed by atoms with Crippen molar-refractivity contribution in [1.82, 2.24) is 0 Å². The summed E-state index contributed by atoms with van der Waals surface area (Å²) in [4.78, 5) is 0. The molecule has 0 saturated carbocycles. The number of nitrogens with one attached hydrogen (secondary N) is 4. The minimum atomic E-state index is -0.129. The molecule has 0 aromatic heterocycles. The summed E-state index contributed by atoms with van der Waals surface area (Å²) >= 11 is 0. The average Bonchev–Trinajstić information content (AvgIpc) is 3.04. The maximum atomic E-state index is 10.5. The van der Waals surface area contributed by atoms with E-state index in [0.717, 1.165) is 27.8 Å². The zero-order valence-corrected chi connectivity index (χ0v) is 25.3. The van der Waals surface area contributed by atoms with E-state index in [2.05, 4.69) is 20.8 Å². The van der Waals surface area contributed by atoms with Crippen molar-refractivity contribution in [2.24, 2.45) is 0 Å². The third-order valence-electron chi connectivity index (χ3n) is 7.34. The third kappa shape index (κ3) is 7.40. The van der Waals surface area contributed by atoms with Crippen LogP contribution in [0.15, 0.2) is 121 Å². The summed E-state index contributed by atoms with van der Waals surface area (Å²) in [5.74, 6) is -0.347. The van der Waals surface area contributed by atoms with Crippen LogP contribution < -0.4 is 0 Å². The highest BCUT2D eigenvalue weighted by Crippen LogP contribution is 2.31. The number of ether oxygens (including phenoxy) is 2. The van der Waals surface area contributed by atoms with Crippen LogP contribution in [0.25, 0.3) is 22.3 Å². The quantitative estimate of drug-likeness (QED) is 0.0993. The Hall–Kier alpha value is -5.82. The standard InChI is InChI=1S/C38H34N4O3/c1-38(2,3)32-19-17-29(18-20-32)37(42)45-36(41)28-15-11-25(12-16-28)31-21-30(22-33(43)23-31)24-9-13-27(14-10-24)35(40)44-34(39)26-7-5-4-6-8-26/h4-23,39-43H,1-3H3. The van der Waals surface area contributed by atoms with Crippen molar-refractivity contribution in [3.63, 3.8) is 0 Å². The molecule has 0 bridgehead atoms. The zero-order valence-electron chi connectivity index (χ0n) is 25.3. The van der Waals surface area contributed by atoms with Crippen molar-refractivity contribution >= 4 is 23.6 Å². The van der Waals surface area contributed by atoms with Crippen LogP contribution in [0.4, 0.5) is 0 Å². The molecule has 0 aliphatic carbocycles. The molecular weight excluding hydrogens is 560 g/mol. The van der Waals surface area contributed by atoms with Gasteiger partial charge in [0.05, 0.1) is 0 Å². The van der Waals surface area contributed by atoms with E-state index in [1.807, 2.05) is 72.8 Å². The molecule has 0 radical (unpaired) electrons. The summed E-state index contributed by atoms with van der Waals surface area (Å²) in [7, 11) is 0. The molecule has 0 atom stereocenters. The lowest BCUT2D eigenvalue weighted by Crippen LogP contribution is -2.14. The van der Waals surface area contributed by atoms with Crippen LogP contribution in [-0.4, -0.2) is 28.7 Å². The molecule has 0 saturated heterocycles. The van der Waals surface area contributed by atoms with Crippen molar-refractivity contribution in [1.29, 1.82) is 21.6 Å². The second kappa shape index (κ2) is 12.8. The molecule has 45 heavy (non-hydrogen) atoms. The van der Waals surface area contributed by atoms with Gasteiger partial charge in [-0.15, -0.1) is 0 Å². The summed E-state index contributed by atoms with van der Waals surface area (Å²) in [6.07, 6.45) is 0. The van der Waals surface area contributed by atoms with Crippen LogP contribution in [0, 0.1) is 21.6 Å². The number of benzene rings is 5. The van der Waals surface area contributed by atoms with Crippen LogP contribution in [0.2, 0.25) is 0 Å². The van der Waals surface area contributed by atoms with Gasteiger partial charge in [-0.1, -0.05) is 75.4 Å². The van der Waals surface area contributed by atoms with E-state index in [0.29, 0.717) is 22.3 Å². The molecule has 7 heteroatoms. The van der Waals surface area contributed by atoms with Crippen molar-refractivity contribution in [3.05, 3.63) is 149 Å². The molecule has 0 unspecified atom stereocenters. The van der Waals surface area contributed by atoms with Gasteiger partial charge in [0.25, 0.3) is 0 Å². The fourth-order valence-electron chi connectivity index (χ4n) is 4.72. The monoisotopic (exact) mass is 594 g/mol. The Labute approximate surface area is 262 Å².